The Kier molecular flexibility index (Phi) is 4.54. The van der Waals surface area contributed by atoms with Crippen molar-refractivity contribution in [2.45, 2.75) is 25.6 Å². The van der Waals surface area contributed by atoms with Crippen molar-refractivity contribution >= 4 is 0 Å². The molecule has 0 fully saturated rings. The number of hydrogen-bond acceptors (Lipinski definition) is 3. The van der Waals surface area contributed by atoms with E-state index in [9.17, 15) is 13.2 Å². The van der Waals surface area contributed by atoms with E-state index in [-0.39, 0.29) is 12.2 Å². The molecule has 0 radical (unpaired) electrons. The van der Waals surface area contributed by atoms with Gasteiger partial charge in [-0.3, -0.25) is 4.98 Å². The summed E-state index contributed by atoms with van der Waals surface area (Å²) in [7, 11) is 0. The van der Waals surface area contributed by atoms with Gasteiger partial charge in [0, 0.05) is 13.0 Å². The second-order valence-corrected chi connectivity index (χ2v) is 3.40. The Morgan fingerprint density at radius 1 is 1.31 bits per heavy atom. The predicted molar refractivity (Wildman–Crippen MR) is 52.9 cm³/mol. The number of alkyl halides is 3. The van der Waals surface area contributed by atoms with Gasteiger partial charge in [0.15, 0.2) is 0 Å². The summed E-state index contributed by atoms with van der Waals surface area (Å²) in [5, 5.41) is 11.8. The first-order valence-electron chi connectivity index (χ1n) is 4.89. The van der Waals surface area contributed by atoms with Crippen LogP contribution in [0.5, 0.6) is 5.75 Å². The average molecular weight is 234 g/mol. The van der Waals surface area contributed by atoms with Crippen molar-refractivity contribution in [1.29, 1.82) is 0 Å². The Bertz CT molecular complexity index is 311. The minimum Gasteiger partial charge on any atom is -0.506 e. The number of rotatable bonds is 5. The van der Waals surface area contributed by atoms with E-state index in [1.54, 1.807) is 6.07 Å². The molecule has 0 saturated heterocycles. The molecule has 16 heavy (non-hydrogen) atoms. The van der Waals surface area contributed by atoms with E-state index in [0.29, 0.717) is 18.8 Å². The van der Waals surface area contributed by atoms with E-state index in [1.807, 2.05) is 0 Å². The zero-order valence-corrected chi connectivity index (χ0v) is 8.59. The minimum absolute atomic E-state index is 0.0571. The van der Waals surface area contributed by atoms with Gasteiger partial charge in [-0.2, -0.15) is 13.2 Å². The number of hydrogen-bond donors (Lipinski definition) is 2. The van der Waals surface area contributed by atoms with E-state index >= 15 is 0 Å². The van der Waals surface area contributed by atoms with Crippen molar-refractivity contribution in [2.75, 3.05) is 6.54 Å². The summed E-state index contributed by atoms with van der Waals surface area (Å²) in [5.74, 6) is 0.0702. The molecule has 6 heteroatoms. The van der Waals surface area contributed by atoms with Crippen molar-refractivity contribution in [2.24, 2.45) is 0 Å². The van der Waals surface area contributed by atoms with E-state index in [4.69, 9.17) is 5.11 Å². The van der Waals surface area contributed by atoms with Gasteiger partial charge >= 0.3 is 6.18 Å². The number of nitrogens with zero attached hydrogens (tertiary/aromatic N) is 1. The summed E-state index contributed by atoms with van der Waals surface area (Å²) >= 11 is 0. The third-order valence-corrected chi connectivity index (χ3v) is 1.93. The zero-order valence-electron chi connectivity index (χ0n) is 8.59. The van der Waals surface area contributed by atoms with Gasteiger partial charge < -0.3 is 10.4 Å². The lowest BCUT2D eigenvalue weighted by Gasteiger charge is -2.06. The molecule has 3 nitrogen and oxygen atoms in total. The Balaban J connectivity index is 2.14. The van der Waals surface area contributed by atoms with Crippen LogP contribution in [0.2, 0.25) is 0 Å². The number of nitrogens with one attached hydrogen (secondary N) is 1. The smallest absolute Gasteiger partial charge is 0.389 e. The van der Waals surface area contributed by atoms with Gasteiger partial charge in [-0.05, 0) is 25.1 Å². The van der Waals surface area contributed by atoms with Gasteiger partial charge in [0.2, 0.25) is 0 Å². The molecule has 0 unspecified atom stereocenters. The Hall–Kier alpha value is -1.30. The molecule has 0 aliphatic carbocycles. The summed E-state index contributed by atoms with van der Waals surface area (Å²) in [5.41, 5.74) is 0.685. The second-order valence-electron chi connectivity index (χ2n) is 3.40. The molecule has 0 aliphatic heterocycles. The molecule has 0 amide bonds. The van der Waals surface area contributed by atoms with E-state index in [0.717, 1.165) is 0 Å². The molecule has 90 valence electrons. The van der Waals surface area contributed by atoms with Crippen LogP contribution in [-0.2, 0) is 6.54 Å². The molecule has 2 N–H and O–H groups in total. The molecule has 0 bridgehead atoms. The normalized spacial score (nSPS) is 11.7. The molecule has 1 heterocycles. The highest BCUT2D eigenvalue weighted by atomic mass is 19.4. The maximum absolute atomic E-state index is 11.8. The van der Waals surface area contributed by atoms with Crippen molar-refractivity contribution in [3.05, 3.63) is 24.0 Å². The zero-order chi connectivity index (χ0) is 12.0. The van der Waals surface area contributed by atoms with Gasteiger partial charge in [0.05, 0.1) is 11.9 Å². The fourth-order valence-corrected chi connectivity index (χ4v) is 1.15. The third-order valence-electron chi connectivity index (χ3n) is 1.93. The Morgan fingerprint density at radius 2 is 2.06 bits per heavy atom. The first kappa shape index (κ1) is 12.8. The fourth-order valence-electron chi connectivity index (χ4n) is 1.15. The fraction of sp³-hybridized carbons (Fsp3) is 0.500. The van der Waals surface area contributed by atoms with E-state index in [1.165, 1.54) is 12.3 Å². The van der Waals surface area contributed by atoms with Crippen LogP contribution in [-0.4, -0.2) is 22.8 Å². The summed E-state index contributed by atoms with van der Waals surface area (Å²) < 4.78 is 35.3. The van der Waals surface area contributed by atoms with Crippen LogP contribution in [0.1, 0.15) is 18.5 Å². The van der Waals surface area contributed by atoms with Gasteiger partial charge in [-0.1, -0.05) is 0 Å². The summed E-state index contributed by atoms with van der Waals surface area (Å²) in [6.07, 6.45) is -3.50. The molecular formula is C10H13F3N2O. The van der Waals surface area contributed by atoms with Gasteiger partial charge in [0.25, 0.3) is 0 Å². The van der Waals surface area contributed by atoms with Gasteiger partial charge in [-0.15, -0.1) is 0 Å². The second kappa shape index (κ2) is 5.69. The molecule has 0 spiro atoms. The van der Waals surface area contributed by atoms with E-state index in [2.05, 4.69) is 10.3 Å². The average Bonchev–Trinajstić information content (AvgIpc) is 2.19. The van der Waals surface area contributed by atoms with Gasteiger partial charge in [0.1, 0.15) is 5.75 Å². The van der Waals surface area contributed by atoms with Crippen LogP contribution in [0.4, 0.5) is 13.2 Å². The van der Waals surface area contributed by atoms with Gasteiger partial charge in [-0.25, -0.2) is 0 Å². The quantitative estimate of drug-likeness (QED) is 0.768. The molecule has 0 saturated carbocycles. The van der Waals surface area contributed by atoms with Crippen LogP contribution in [0, 0.1) is 0 Å². The van der Waals surface area contributed by atoms with Crippen LogP contribution in [0.15, 0.2) is 18.3 Å². The topological polar surface area (TPSA) is 45.1 Å². The third kappa shape index (κ3) is 5.55. The monoisotopic (exact) mass is 234 g/mol. The molecular weight excluding hydrogens is 221 g/mol. The van der Waals surface area contributed by atoms with E-state index < -0.39 is 12.6 Å². The highest BCUT2D eigenvalue weighted by Crippen LogP contribution is 2.20. The minimum atomic E-state index is -4.08. The lowest BCUT2D eigenvalue weighted by molar-refractivity contribution is -0.135. The maximum atomic E-state index is 11.8. The number of aromatic nitrogens is 1. The van der Waals surface area contributed by atoms with Crippen molar-refractivity contribution in [3.63, 3.8) is 0 Å². The first-order chi connectivity index (χ1) is 7.47. The Labute approximate surface area is 91.3 Å². The van der Waals surface area contributed by atoms with Crippen molar-refractivity contribution < 1.29 is 18.3 Å². The lowest BCUT2D eigenvalue weighted by Crippen LogP contribution is -2.18. The molecule has 0 aliphatic rings. The Morgan fingerprint density at radius 3 is 2.62 bits per heavy atom. The predicted octanol–water partition coefficient (Wildman–Crippen LogP) is 2.22. The molecule has 1 aromatic heterocycles. The standard InChI is InChI=1S/C10H13F3N2O/c11-10(12,13)4-1-5-14-6-8-2-3-9(16)7-15-8/h2-3,7,14,16H,1,4-6H2. The number of halogens is 3. The molecule has 1 aromatic rings. The van der Waals surface area contributed by atoms with Crippen LogP contribution >= 0.6 is 0 Å². The molecule has 0 aromatic carbocycles. The molecule has 0 atom stereocenters. The summed E-state index contributed by atoms with van der Waals surface area (Å²) in [4.78, 5) is 3.89. The highest BCUT2D eigenvalue weighted by Gasteiger charge is 2.25. The summed E-state index contributed by atoms with van der Waals surface area (Å²) in [6.45, 7) is 0.695. The maximum Gasteiger partial charge on any atom is 0.389 e. The molecule has 1 rings (SSSR count). The van der Waals surface area contributed by atoms with Crippen molar-refractivity contribution in [1.82, 2.24) is 10.3 Å². The summed E-state index contributed by atoms with van der Waals surface area (Å²) in [6, 6.07) is 3.10. The lowest BCUT2D eigenvalue weighted by atomic mass is 10.3. The van der Waals surface area contributed by atoms with Crippen LogP contribution in [0.25, 0.3) is 0 Å². The van der Waals surface area contributed by atoms with Crippen molar-refractivity contribution in [3.8, 4) is 5.75 Å². The number of aromatic hydroxyl groups is 1. The number of pyridine rings is 1. The highest BCUT2D eigenvalue weighted by molar-refractivity contribution is 5.17. The largest absolute Gasteiger partial charge is 0.506 e. The van der Waals surface area contributed by atoms with Crippen LogP contribution < -0.4 is 5.32 Å². The van der Waals surface area contributed by atoms with Crippen LogP contribution in [0.3, 0.4) is 0 Å². The first-order valence-corrected chi connectivity index (χ1v) is 4.89. The SMILES string of the molecule is Oc1ccc(CNCCCC(F)(F)F)nc1.